The number of para-hydroxylation sites is 1. The van der Waals surface area contributed by atoms with Crippen LogP contribution in [0.5, 0.6) is 0 Å². The van der Waals surface area contributed by atoms with E-state index in [9.17, 15) is 4.79 Å². The van der Waals surface area contributed by atoms with Gasteiger partial charge in [0, 0.05) is 17.8 Å². The summed E-state index contributed by atoms with van der Waals surface area (Å²) < 4.78 is 1.15. The van der Waals surface area contributed by atoms with Crippen LogP contribution in [-0.2, 0) is 10.5 Å². The molecule has 0 unspecified atom stereocenters. The van der Waals surface area contributed by atoms with Crippen molar-refractivity contribution in [1.29, 1.82) is 0 Å². The zero-order chi connectivity index (χ0) is 17.8. The Balaban J connectivity index is 1.57. The van der Waals surface area contributed by atoms with Gasteiger partial charge in [-0.2, -0.15) is 0 Å². The Labute approximate surface area is 161 Å². The number of benzene rings is 2. The van der Waals surface area contributed by atoms with Crippen LogP contribution in [-0.4, -0.2) is 28.6 Å². The molecule has 6 heteroatoms. The fraction of sp³-hybridized carbons (Fsp3) is 0.263. The Kier molecular flexibility index (Phi) is 5.99. The summed E-state index contributed by atoms with van der Waals surface area (Å²) in [7, 11) is 1.85. The number of hydrogen-bond donors (Lipinski definition) is 0. The first kappa shape index (κ1) is 18.2. The minimum absolute atomic E-state index is 0.0309. The Bertz CT molecular complexity index is 847. The molecule has 0 bridgehead atoms. The molecule has 25 heavy (non-hydrogen) atoms. The molecule has 2 aromatic carbocycles. The summed E-state index contributed by atoms with van der Waals surface area (Å²) in [4.78, 5) is 18.9. The number of halogens is 1. The molecule has 1 amide bonds. The molecule has 1 aromatic heterocycles. The summed E-state index contributed by atoms with van der Waals surface area (Å²) >= 11 is 9.24. The molecule has 0 aliphatic carbocycles. The van der Waals surface area contributed by atoms with Crippen LogP contribution >= 0.6 is 34.7 Å². The predicted molar refractivity (Wildman–Crippen MR) is 108 cm³/mol. The Morgan fingerprint density at radius 3 is 2.84 bits per heavy atom. The first-order valence-corrected chi connectivity index (χ1v) is 10.3. The topological polar surface area (TPSA) is 33.2 Å². The first-order valence-electron chi connectivity index (χ1n) is 7.98. The number of hydrogen-bond acceptors (Lipinski definition) is 4. The molecule has 0 N–H and O–H groups in total. The zero-order valence-corrected chi connectivity index (χ0v) is 16.5. The number of rotatable bonds is 6. The summed E-state index contributed by atoms with van der Waals surface area (Å²) in [5, 5.41) is 1.70. The van der Waals surface area contributed by atoms with Crippen LogP contribution in [0.25, 0.3) is 10.2 Å². The lowest BCUT2D eigenvalue weighted by Crippen LogP contribution is -2.31. The van der Waals surface area contributed by atoms with Gasteiger partial charge in [-0.25, -0.2) is 4.98 Å². The van der Waals surface area contributed by atoms with Gasteiger partial charge in [-0.05, 0) is 36.8 Å². The fourth-order valence-corrected chi connectivity index (χ4v) is 4.61. The number of nitrogens with zero attached hydrogens (tertiary/aromatic N) is 2. The Morgan fingerprint density at radius 2 is 2.08 bits per heavy atom. The van der Waals surface area contributed by atoms with Gasteiger partial charge in [0.2, 0.25) is 5.91 Å². The zero-order valence-electron chi connectivity index (χ0n) is 14.1. The lowest BCUT2D eigenvalue weighted by molar-refractivity contribution is -0.128. The van der Waals surface area contributed by atoms with E-state index in [1.165, 1.54) is 0 Å². The molecule has 1 heterocycles. The molecule has 1 atom stereocenters. The Morgan fingerprint density at radius 1 is 1.28 bits per heavy atom. The van der Waals surface area contributed by atoms with Crippen LogP contribution < -0.4 is 0 Å². The molecule has 3 rings (SSSR count). The van der Waals surface area contributed by atoms with Crippen LogP contribution in [0.2, 0.25) is 5.02 Å². The molecular formula is C19H19ClN2OS2. The van der Waals surface area contributed by atoms with Crippen molar-refractivity contribution >= 4 is 50.8 Å². The number of aromatic nitrogens is 1. The highest BCUT2D eigenvalue weighted by atomic mass is 35.5. The van der Waals surface area contributed by atoms with E-state index in [1.807, 2.05) is 56.4 Å². The van der Waals surface area contributed by atoms with E-state index in [4.69, 9.17) is 11.6 Å². The van der Waals surface area contributed by atoms with Gasteiger partial charge in [0.05, 0.1) is 22.0 Å². The van der Waals surface area contributed by atoms with Crippen molar-refractivity contribution in [3.63, 3.8) is 0 Å². The SMILES string of the molecule is C[C@@H](c1nc2ccccc2s1)N(C)C(=O)CSCc1cccc(Cl)c1. The minimum Gasteiger partial charge on any atom is -0.336 e. The van der Waals surface area contributed by atoms with E-state index in [1.54, 1.807) is 28.0 Å². The number of carbonyl (C=O) groups is 1. The Hall–Kier alpha value is -1.56. The van der Waals surface area contributed by atoms with Gasteiger partial charge in [-0.15, -0.1) is 23.1 Å². The smallest absolute Gasteiger partial charge is 0.232 e. The van der Waals surface area contributed by atoms with E-state index in [0.29, 0.717) is 5.75 Å². The molecule has 0 aliphatic rings. The quantitative estimate of drug-likeness (QED) is 0.564. The highest BCUT2D eigenvalue weighted by molar-refractivity contribution is 7.99. The van der Waals surface area contributed by atoms with Crippen molar-refractivity contribution in [1.82, 2.24) is 9.88 Å². The van der Waals surface area contributed by atoms with Gasteiger partial charge < -0.3 is 4.90 Å². The number of fused-ring (bicyclic) bond motifs is 1. The largest absolute Gasteiger partial charge is 0.336 e. The molecule has 0 fully saturated rings. The third-order valence-corrected chi connectivity index (χ3v) is 6.46. The van der Waals surface area contributed by atoms with E-state index in [0.717, 1.165) is 31.6 Å². The van der Waals surface area contributed by atoms with Crippen LogP contribution in [0, 0.1) is 0 Å². The average Bonchev–Trinajstić information content (AvgIpc) is 3.04. The summed E-state index contributed by atoms with van der Waals surface area (Å²) in [6.45, 7) is 2.03. The van der Waals surface area contributed by atoms with Gasteiger partial charge in [0.1, 0.15) is 5.01 Å². The highest BCUT2D eigenvalue weighted by Crippen LogP contribution is 2.29. The van der Waals surface area contributed by atoms with E-state index < -0.39 is 0 Å². The molecular weight excluding hydrogens is 372 g/mol. The molecule has 0 radical (unpaired) electrons. The van der Waals surface area contributed by atoms with E-state index >= 15 is 0 Å². The van der Waals surface area contributed by atoms with Crippen LogP contribution in [0.1, 0.15) is 23.5 Å². The molecule has 0 spiro atoms. The van der Waals surface area contributed by atoms with Gasteiger partial charge in [-0.1, -0.05) is 35.9 Å². The highest BCUT2D eigenvalue weighted by Gasteiger charge is 2.20. The van der Waals surface area contributed by atoms with Crippen LogP contribution in [0.3, 0.4) is 0 Å². The number of thiazole rings is 1. The van der Waals surface area contributed by atoms with Gasteiger partial charge in [0.25, 0.3) is 0 Å². The molecule has 3 nitrogen and oxygen atoms in total. The van der Waals surface area contributed by atoms with E-state index in [2.05, 4.69) is 11.1 Å². The van der Waals surface area contributed by atoms with E-state index in [-0.39, 0.29) is 11.9 Å². The molecule has 3 aromatic rings. The molecule has 0 saturated heterocycles. The second-order valence-corrected chi connectivity index (χ2v) is 8.31. The van der Waals surface area contributed by atoms with Gasteiger partial charge in [0.15, 0.2) is 0 Å². The summed E-state index contributed by atoms with van der Waals surface area (Å²) in [5.41, 5.74) is 2.12. The maximum atomic E-state index is 12.5. The van der Waals surface area contributed by atoms with Crippen molar-refractivity contribution in [2.45, 2.75) is 18.7 Å². The van der Waals surface area contributed by atoms with Gasteiger partial charge >= 0.3 is 0 Å². The molecule has 0 saturated carbocycles. The number of amides is 1. The molecule has 0 aliphatic heterocycles. The normalized spacial score (nSPS) is 12.3. The molecule has 130 valence electrons. The fourth-order valence-electron chi connectivity index (χ4n) is 2.44. The minimum atomic E-state index is -0.0309. The van der Waals surface area contributed by atoms with Crippen LogP contribution in [0.4, 0.5) is 0 Å². The van der Waals surface area contributed by atoms with Crippen LogP contribution in [0.15, 0.2) is 48.5 Å². The maximum absolute atomic E-state index is 12.5. The van der Waals surface area contributed by atoms with Crippen molar-refractivity contribution in [2.75, 3.05) is 12.8 Å². The third-order valence-electron chi connectivity index (χ3n) is 4.03. The van der Waals surface area contributed by atoms with Gasteiger partial charge in [-0.3, -0.25) is 4.79 Å². The second kappa shape index (κ2) is 8.21. The second-order valence-electron chi connectivity index (χ2n) is 5.82. The van der Waals surface area contributed by atoms with Crippen molar-refractivity contribution in [3.05, 3.63) is 64.1 Å². The predicted octanol–water partition coefficient (Wildman–Crippen LogP) is 5.40. The summed E-state index contributed by atoms with van der Waals surface area (Å²) in [6.07, 6.45) is 0. The third kappa shape index (κ3) is 4.54. The van der Waals surface area contributed by atoms with Crippen molar-refractivity contribution < 1.29 is 4.79 Å². The monoisotopic (exact) mass is 390 g/mol. The first-order chi connectivity index (χ1) is 12.0. The summed E-state index contributed by atoms with van der Waals surface area (Å²) in [5.74, 6) is 1.33. The summed E-state index contributed by atoms with van der Waals surface area (Å²) in [6, 6.07) is 15.8. The standard InChI is InChI=1S/C19H19ClN2OS2/c1-13(19-21-16-8-3-4-9-17(16)25-19)22(2)18(23)12-24-11-14-6-5-7-15(20)10-14/h3-10,13H,11-12H2,1-2H3/t13-/m0/s1. The van der Waals surface area contributed by atoms with Crippen molar-refractivity contribution in [3.8, 4) is 0 Å². The average molecular weight is 391 g/mol. The number of carbonyl (C=O) groups excluding carboxylic acids is 1. The lowest BCUT2D eigenvalue weighted by atomic mass is 10.2. The lowest BCUT2D eigenvalue weighted by Gasteiger charge is -2.23. The number of thioether (sulfide) groups is 1. The van der Waals surface area contributed by atoms with Crippen molar-refractivity contribution in [2.24, 2.45) is 0 Å². The maximum Gasteiger partial charge on any atom is 0.232 e.